The maximum Gasteiger partial charge on any atom is 0.255 e. The highest BCUT2D eigenvalue weighted by Crippen LogP contribution is 2.31. The standard InChI is InChI=1S/C46H37ClN6O3/c1-29-30(2)53(50-44(29)37-18-19-38(23-48)41(47)22-37)27-34-14-10-32(11-15-34)7-6-31-8-12-33(13-9-31)24-51-25-35(26-51)16-17-36-4-3-5-39-40(36)28-52(46(39)56)42-20-21-43(54)49-45(42)55/h3-5,8-15,18-19,22,35,42H,20-21,24-28H2,1-2H3,(H,49,54,55). The highest BCUT2D eigenvalue weighted by atomic mass is 35.5. The minimum Gasteiger partial charge on any atom is -0.322 e. The lowest BCUT2D eigenvalue weighted by Crippen LogP contribution is -2.52. The van der Waals surface area contributed by atoms with Gasteiger partial charge in [-0.3, -0.25) is 29.3 Å². The van der Waals surface area contributed by atoms with Crippen molar-refractivity contribution in [1.82, 2.24) is 24.9 Å². The topological polar surface area (TPSA) is 111 Å². The van der Waals surface area contributed by atoms with Crippen LogP contribution in [0, 0.1) is 54.8 Å². The molecule has 2 saturated heterocycles. The van der Waals surface area contributed by atoms with E-state index < -0.39 is 11.9 Å². The second-order valence-corrected chi connectivity index (χ2v) is 15.0. The van der Waals surface area contributed by atoms with E-state index in [9.17, 15) is 19.6 Å². The Kier molecular flexibility index (Phi) is 10.0. The number of amides is 3. The Labute approximate surface area is 330 Å². The molecule has 10 heteroatoms. The van der Waals surface area contributed by atoms with Crippen molar-refractivity contribution < 1.29 is 14.4 Å². The molecule has 0 aliphatic carbocycles. The van der Waals surface area contributed by atoms with Gasteiger partial charge in [0.25, 0.3) is 5.91 Å². The number of rotatable bonds is 6. The first kappa shape index (κ1) is 36.5. The Morgan fingerprint density at radius 3 is 2.21 bits per heavy atom. The van der Waals surface area contributed by atoms with E-state index in [2.05, 4.69) is 90.2 Å². The number of fused-ring (bicyclic) bond motifs is 1. The summed E-state index contributed by atoms with van der Waals surface area (Å²) in [5.41, 5.74) is 10.8. The van der Waals surface area contributed by atoms with Gasteiger partial charge in [0.2, 0.25) is 11.8 Å². The summed E-state index contributed by atoms with van der Waals surface area (Å²) in [5, 5.41) is 16.9. The maximum absolute atomic E-state index is 13.1. The summed E-state index contributed by atoms with van der Waals surface area (Å²) in [6, 6.07) is 29.0. The van der Waals surface area contributed by atoms with Crippen molar-refractivity contribution in [3.05, 3.63) is 146 Å². The lowest BCUT2D eigenvalue weighted by atomic mass is 9.97. The molecule has 4 heterocycles. The van der Waals surface area contributed by atoms with Crippen LogP contribution in [0.1, 0.15) is 73.4 Å². The van der Waals surface area contributed by atoms with E-state index in [1.165, 1.54) is 5.56 Å². The highest BCUT2D eigenvalue weighted by molar-refractivity contribution is 6.32. The summed E-state index contributed by atoms with van der Waals surface area (Å²) in [5.74, 6) is 12.6. The summed E-state index contributed by atoms with van der Waals surface area (Å²) >= 11 is 6.29. The third-order valence-corrected chi connectivity index (χ3v) is 11.1. The Morgan fingerprint density at radius 1 is 0.857 bits per heavy atom. The predicted molar refractivity (Wildman–Crippen MR) is 213 cm³/mol. The molecular weight excluding hydrogens is 720 g/mol. The van der Waals surface area contributed by atoms with Crippen molar-refractivity contribution in [2.75, 3.05) is 13.1 Å². The molecule has 0 saturated carbocycles. The van der Waals surface area contributed by atoms with Gasteiger partial charge >= 0.3 is 0 Å². The Hall–Kier alpha value is -6.44. The van der Waals surface area contributed by atoms with Crippen LogP contribution in [0.4, 0.5) is 0 Å². The number of piperidine rings is 1. The number of hydrogen-bond acceptors (Lipinski definition) is 6. The fraction of sp³-hybridized carbons (Fsp3) is 0.239. The second-order valence-electron chi connectivity index (χ2n) is 14.6. The number of likely N-dealkylation sites (tertiary alicyclic amines) is 1. The Balaban J connectivity index is 0.829. The molecular formula is C46H37ClN6O3. The first-order valence-corrected chi connectivity index (χ1v) is 19.0. The molecule has 276 valence electrons. The molecule has 0 bridgehead atoms. The van der Waals surface area contributed by atoms with Crippen LogP contribution in [0.2, 0.25) is 5.02 Å². The van der Waals surface area contributed by atoms with Gasteiger partial charge in [0, 0.05) is 72.0 Å². The van der Waals surface area contributed by atoms with Crippen LogP contribution < -0.4 is 5.32 Å². The van der Waals surface area contributed by atoms with Crippen molar-refractivity contribution in [1.29, 1.82) is 5.26 Å². The molecule has 0 spiro atoms. The van der Waals surface area contributed by atoms with E-state index >= 15 is 0 Å². The molecule has 56 heavy (non-hydrogen) atoms. The summed E-state index contributed by atoms with van der Waals surface area (Å²) in [4.78, 5) is 41.1. The van der Waals surface area contributed by atoms with Crippen LogP contribution in [0.15, 0.2) is 84.9 Å². The lowest BCUT2D eigenvalue weighted by molar-refractivity contribution is -0.136. The first-order chi connectivity index (χ1) is 27.1. The average Bonchev–Trinajstić information content (AvgIpc) is 3.67. The Bertz CT molecular complexity index is 2570. The first-order valence-electron chi connectivity index (χ1n) is 18.6. The van der Waals surface area contributed by atoms with Gasteiger partial charge in [0.05, 0.1) is 22.8 Å². The number of imide groups is 1. The summed E-state index contributed by atoms with van der Waals surface area (Å²) < 4.78 is 1.99. The number of aromatic nitrogens is 2. The molecule has 1 N–H and O–H groups in total. The number of halogens is 1. The number of nitriles is 1. The molecule has 1 aromatic heterocycles. The smallest absolute Gasteiger partial charge is 0.255 e. The third kappa shape index (κ3) is 7.46. The Morgan fingerprint density at radius 2 is 1.55 bits per heavy atom. The monoisotopic (exact) mass is 756 g/mol. The number of carbonyl (C=O) groups is 3. The van der Waals surface area contributed by atoms with Gasteiger partial charge in [0.15, 0.2) is 0 Å². The fourth-order valence-electron chi connectivity index (χ4n) is 7.45. The molecule has 5 aromatic rings. The summed E-state index contributed by atoms with van der Waals surface area (Å²) in [6.07, 6.45) is 0.568. The van der Waals surface area contributed by atoms with E-state index in [4.69, 9.17) is 16.7 Å². The van der Waals surface area contributed by atoms with Crippen molar-refractivity contribution >= 4 is 29.3 Å². The van der Waals surface area contributed by atoms with Crippen LogP contribution in [-0.4, -0.2) is 56.4 Å². The van der Waals surface area contributed by atoms with Gasteiger partial charge in [-0.15, -0.1) is 0 Å². The van der Waals surface area contributed by atoms with Crippen LogP contribution in [0.5, 0.6) is 0 Å². The van der Waals surface area contributed by atoms with Gasteiger partial charge in [0.1, 0.15) is 12.1 Å². The zero-order valence-electron chi connectivity index (χ0n) is 31.0. The normalized spacial score (nSPS) is 16.6. The average molecular weight is 757 g/mol. The van der Waals surface area contributed by atoms with Crippen molar-refractivity contribution in [3.63, 3.8) is 0 Å². The minimum atomic E-state index is -0.638. The highest BCUT2D eigenvalue weighted by Gasteiger charge is 2.39. The van der Waals surface area contributed by atoms with E-state index in [0.717, 1.165) is 70.0 Å². The zero-order valence-corrected chi connectivity index (χ0v) is 31.8. The molecule has 3 aliphatic heterocycles. The van der Waals surface area contributed by atoms with E-state index in [1.54, 1.807) is 23.1 Å². The van der Waals surface area contributed by atoms with E-state index in [0.29, 0.717) is 35.7 Å². The van der Waals surface area contributed by atoms with Gasteiger partial charge < -0.3 is 4.90 Å². The number of carbonyl (C=O) groups excluding carboxylic acids is 3. The van der Waals surface area contributed by atoms with Crippen LogP contribution in [-0.2, 0) is 29.2 Å². The summed E-state index contributed by atoms with van der Waals surface area (Å²) in [6.45, 7) is 7.63. The molecule has 4 aromatic carbocycles. The second kappa shape index (κ2) is 15.4. The van der Waals surface area contributed by atoms with Gasteiger partial charge in [-0.25, -0.2) is 0 Å². The molecule has 1 atom stereocenters. The van der Waals surface area contributed by atoms with E-state index in [-0.39, 0.29) is 24.2 Å². The summed E-state index contributed by atoms with van der Waals surface area (Å²) in [7, 11) is 0. The van der Waals surface area contributed by atoms with Gasteiger partial charge in [-0.1, -0.05) is 71.7 Å². The number of nitrogens with one attached hydrogen (secondary N) is 1. The van der Waals surface area contributed by atoms with Gasteiger partial charge in [-0.05, 0) is 91.1 Å². The van der Waals surface area contributed by atoms with Crippen molar-refractivity contribution in [2.45, 2.75) is 52.4 Å². The molecule has 0 radical (unpaired) electrons. The lowest BCUT2D eigenvalue weighted by Gasteiger charge is -2.36. The SMILES string of the molecule is Cc1c(-c2ccc(C#N)c(Cl)c2)nn(Cc2ccc(C#Cc3ccc(CN4CC(C#Cc5cccc6c5CN(C5CCC(=O)NC5=O)C6=O)C4)cc3)cc2)c1C. The molecule has 9 nitrogen and oxygen atoms in total. The van der Waals surface area contributed by atoms with E-state index in [1.807, 2.05) is 35.0 Å². The largest absolute Gasteiger partial charge is 0.322 e. The zero-order chi connectivity index (χ0) is 38.9. The molecule has 3 aliphatic rings. The quantitative estimate of drug-likeness (QED) is 0.159. The molecule has 3 amide bonds. The molecule has 2 fully saturated rings. The van der Waals surface area contributed by atoms with Crippen LogP contribution in [0.25, 0.3) is 11.3 Å². The fourth-order valence-corrected chi connectivity index (χ4v) is 7.67. The molecule has 8 rings (SSSR count). The number of hydrogen-bond donors (Lipinski definition) is 1. The van der Waals surface area contributed by atoms with Crippen LogP contribution >= 0.6 is 11.6 Å². The number of nitrogens with zero attached hydrogens (tertiary/aromatic N) is 5. The van der Waals surface area contributed by atoms with Crippen LogP contribution in [0.3, 0.4) is 0 Å². The third-order valence-electron chi connectivity index (χ3n) is 10.8. The van der Waals surface area contributed by atoms with Crippen molar-refractivity contribution in [2.24, 2.45) is 5.92 Å². The minimum absolute atomic E-state index is 0.185. The predicted octanol–water partition coefficient (Wildman–Crippen LogP) is 6.38. The van der Waals surface area contributed by atoms with Gasteiger partial charge in [-0.2, -0.15) is 10.4 Å². The molecule has 1 unspecified atom stereocenters. The maximum atomic E-state index is 13.1. The van der Waals surface area contributed by atoms with Crippen molar-refractivity contribution in [3.8, 4) is 41.0 Å². The number of benzene rings is 4.